The molecule has 0 fully saturated rings. The highest BCUT2D eigenvalue weighted by Crippen LogP contribution is 2.24. The minimum absolute atomic E-state index is 0.0548. The van der Waals surface area contributed by atoms with Crippen LogP contribution in [0.3, 0.4) is 0 Å². The van der Waals surface area contributed by atoms with E-state index < -0.39 is 0 Å². The lowest BCUT2D eigenvalue weighted by atomic mass is 10.1. The highest BCUT2D eigenvalue weighted by Gasteiger charge is 2.17. The van der Waals surface area contributed by atoms with Crippen molar-refractivity contribution >= 4 is 22.2 Å². The van der Waals surface area contributed by atoms with Crippen LogP contribution in [-0.2, 0) is 0 Å². The third kappa shape index (κ3) is 3.06. The van der Waals surface area contributed by atoms with Crippen LogP contribution in [0.15, 0.2) is 72.2 Å². The second-order valence-corrected chi connectivity index (χ2v) is 6.71. The van der Waals surface area contributed by atoms with Crippen LogP contribution in [0, 0.1) is 0 Å². The first-order valence-corrected chi connectivity index (χ1v) is 8.98. The number of nitrogens with one attached hydrogen (secondary N) is 1. The van der Waals surface area contributed by atoms with Crippen LogP contribution in [0.4, 0.5) is 0 Å². The van der Waals surface area contributed by atoms with Crippen LogP contribution in [0.1, 0.15) is 29.0 Å². The first-order chi connectivity index (χ1) is 12.2. The number of carbonyl (C=O) groups excluding carboxylic acids is 1. The maximum absolute atomic E-state index is 12.7. The molecule has 0 spiro atoms. The quantitative estimate of drug-likeness (QED) is 0.588. The largest absolute Gasteiger partial charge is 0.344 e. The van der Waals surface area contributed by atoms with Gasteiger partial charge < -0.3 is 5.32 Å². The molecule has 2 heterocycles. The van der Waals surface area contributed by atoms with E-state index in [0.29, 0.717) is 5.69 Å². The number of imidazole rings is 1. The Kier molecular flexibility index (Phi) is 4.07. The molecule has 2 aromatic carbocycles. The van der Waals surface area contributed by atoms with Crippen LogP contribution < -0.4 is 5.32 Å². The van der Waals surface area contributed by atoms with E-state index in [1.54, 1.807) is 0 Å². The molecular weight excluding hydrogens is 330 g/mol. The minimum Gasteiger partial charge on any atom is -0.344 e. The van der Waals surface area contributed by atoms with Crippen LogP contribution >= 0.6 is 11.3 Å². The van der Waals surface area contributed by atoms with Gasteiger partial charge in [0.25, 0.3) is 5.91 Å². The molecule has 4 rings (SSSR count). The number of hydrogen-bond donors (Lipinski definition) is 1. The Morgan fingerprint density at radius 1 is 1.08 bits per heavy atom. The van der Waals surface area contributed by atoms with Crippen LogP contribution in [0.25, 0.3) is 16.2 Å². The normalized spacial score (nSPS) is 12.2. The van der Waals surface area contributed by atoms with Crippen molar-refractivity contribution in [2.45, 2.75) is 13.0 Å². The number of rotatable bonds is 4. The molecule has 1 N–H and O–H groups in total. The summed E-state index contributed by atoms with van der Waals surface area (Å²) in [6.45, 7) is 1.99. The maximum atomic E-state index is 12.7. The smallest absolute Gasteiger partial charge is 0.269 e. The zero-order valence-electron chi connectivity index (χ0n) is 13.7. The van der Waals surface area contributed by atoms with Gasteiger partial charge in [-0.15, -0.1) is 11.3 Å². The van der Waals surface area contributed by atoms with Crippen molar-refractivity contribution < 1.29 is 4.79 Å². The molecular formula is C20H17N3OS. The lowest BCUT2D eigenvalue weighted by Crippen LogP contribution is -2.27. The zero-order chi connectivity index (χ0) is 17.2. The van der Waals surface area contributed by atoms with Gasteiger partial charge in [0.05, 0.1) is 11.7 Å². The first-order valence-electron chi connectivity index (χ1n) is 8.10. The molecule has 0 saturated heterocycles. The summed E-state index contributed by atoms with van der Waals surface area (Å²) in [7, 11) is 0. The number of amides is 1. The average molecular weight is 347 g/mol. The van der Waals surface area contributed by atoms with Gasteiger partial charge in [0, 0.05) is 17.1 Å². The Balaban J connectivity index is 1.61. The Labute approximate surface area is 149 Å². The summed E-state index contributed by atoms with van der Waals surface area (Å²) >= 11 is 1.47. The Hall–Kier alpha value is -2.92. The molecule has 25 heavy (non-hydrogen) atoms. The van der Waals surface area contributed by atoms with Gasteiger partial charge in [-0.25, -0.2) is 4.98 Å². The van der Waals surface area contributed by atoms with E-state index >= 15 is 0 Å². The van der Waals surface area contributed by atoms with E-state index in [2.05, 4.69) is 10.3 Å². The van der Waals surface area contributed by atoms with Crippen molar-refractivity contribution in [2.24, 2.45) is 0 Å². The fraction of sp³-hybridized carbons (Fsp3) is 0.100. The van der Waals surface area contributed by atoms with E-state index in [1.807, 2.05) is 83.6 Å². The molecule has 1 atom stereocenters. The van der Waals surface area contributed by atoms with Crippen LogP contribution in [0.5, 0.6) is 0 Å². The highest BCUT2D eigenvalue weighted by atomic mass is 32.1. The molecule has 0 bridgehead atoms. The van der Waals surface area contributed by atoms with E-state index in [-0.39, 0.29) is 11.9 Å². The average Bonchev–Trinajstić information content (AvgIpc) is 3.23. The van der Waals surface area contributed by atoms with E-state index in [0.717, 1.165) is 21.8 Å². The van der Waals surface area contributed by atoms with Crippen molar-refractivity contribution in [3.8, 4) is 11.3 Å². The predicted octanol–water partition coefficient (Wildman–Crippen LogP) is 4.55. The second-order valence-electron chi connectivity index (χ2n) is 5.87. The van der Waals surface area contributed by atoms with E-state index in [4.69, 9.17) is 0 Å². The van der Waals surface area contributed by atoms with Gasteiger partial charge in [0.2, 0.25) is 0 Å². The molecule has 5 heteroatoms. The number of aromatic nitrogens is 2. The number of benzene rings is 2. The monoisotopic (exact) mass is 347 g/mol. The summed E-state index contributed by atoms with van der Waals surface area (Å²) in [6.07, 6.45) is 1.92. The Morgan fingerprint density at radius 3 is 2.48 bits per heavy atom. The van der Waals surface area contributed by atoms with Crippen molar-refractivity contribution in [1.29, 1.82) is 0 Å². The van der Waals surface area contributed by atoms with Gasteiger partial charge in [0.1, 0.15) is 5.69 Å². The Bertz CT molecular complexity index is 1010. The molecule has 124 valence electrons. The van der Waals surface area contributed by atoms with Gasteiger partial charge in [-0.05, 0) is 12.5 Å². The van der Waals surface area contributed by atoms with Gasteiger partial charge in [0.15, 0.2) is 4.96 Å². The van der Waals surface area contributed by atoms with Crippen LogP contribution in [0.2, 0.25) is 0 Å². The molecule has 4 nitrogen and oxygen atoms in total. The van der Waals surface area contributed by atoms with Gasteiger partial charge in [-0.1, -0.05) is 60.7 Å². The Morgan fingerprint density at radius 2 is 1.76 bits per heavy atom. The predicted molar refractivity (Wildman–Crippen MR) is 101 cm³/mol. The SMILES string of the molecule is C[C@@H](NC(=O)c1csc2nc(-c3ccccc3)cn12)c1ccccc1. The highest BCUT2D eigenvalue weighted by molar-refractivity contribution is 7.15. The number of fused-ring (bicyclic) bond motifs is 1. The summed E-state index contributed by atoms with van der Waals surface area (Å²) in [5, 5.41) is 4.91. The minimum atomic E-state index is -0.0976. The summed E-state index contributed by atoms with van der Waals surface area (Å²) < 4.78 is 1.86. The first kappa shape index (κ1) is 15.6. The summed E-state index contributed by atoms with van der Waals surface area (Å²) in [6, 6.07) is 19.9. The standard InChI is InChI=1S/C20H17N3OS/c1-14(15-8-4-2-5-9-15)21-19(24)18-13-25-20-22-17(12-23(18)20)16-10-6-3-7-11-16/h2-14H,1H3,(H,21,24)/t14-/m1/s1. The van der Waals surface area contributed by atoms with Crippen molar-refractivity contribution in [2.75, 3.05) is 0 Å². The third-order valence-electron chi connectivity index (χ3n) is 4.16. The lowest BCUT2D eigenvalue weighted by Gasteiger charge is -2.13. The molecule has 0 aliphatic carbocycles. The summed E-state index contributed by atoms with van der Waals surface area (Å²) in [5.74, 6) is -0.0976. The van der Waals surface area contributed by atoms with Gasteiger partial charge >= 0.3 is 0 Å². The fourth-order valence-electron chi connectivity index (χ4n) is 2.79. The number of thiazole rings is 1. The second kappa shape index (κ2) is 6.53. The summed E-state index contributed by atoms with van der Waals surface area (Å²) in [5.41, 5.74) is 3.61. The molecule has 1 amide bonds. The molecule has 0 aliphatic rings. The number of hydrogen-bond acceptors (Lipinski definition) is 3. The van der Waals surface area contributed by atoms with Crippen LogP contribution in [-0.4, -0.2) is 15.3 Å². The number of carbonyl (C=O) groups is 1. The van der Waals surface area contributed by atoms with Gasteiger partial charge in [-0.2, -0.15) is 0 Å². The molecule has 4 aromatic rings. The zero-order valence-corrected chi connectivity index (χ0v) is 14.5. The van der Waals surface area contributed by atoms with Crippen molar-refractivity contribution in [3.63, 3.8) is 0 Å². The molecule has 0 unspecified atom stereocenters. The third-order valence-corrected chi connectivity index (χ3v) is 5.00. The fourth-order valence-corrected chi connectivity index (χ4v) is 3.64. The van der Waals surface area contributed by atoms with E-state index in [1.165, 1.54) is 11.3 Å². The molecule has 0 radical (unpaired) electrons. The number of nitrogens with zero attached hydrogens (tertiary/aromatic N) is 2. The molecule has 2 aromatic heterocycles. The summed E-state index contributed by atoms with van der Waals surface area (Å²) in [4.78, 5) is 18.1. The van der Waals surface area contributed by atoms with Crippen molar-refractivity contribution in [3.05, 3.63) is 83.5 Å². The van der Waals surface area contributed by atoms with E-state index in [9.17, 15) is 4.79 Å². The molecule has 0 aliphatic heterocycles. The maximum Gasteiger partial charge on any atom is 0.269 e. The lowest BCUT2D eigenvalue weighted by molar-refractivity contribution is 0.0934. The molecule has 0 saturated carbocycles. The topological polar surface area (TPSA) is 46.4 Å². The van der Waals surface area contributed by atoms with Gasteiger partial charge in [-0.3, -0.25) is 9.20 Å². The van der Waals surface area contributed by atoms with Crippen molar-refractivity contribution in [1.82, 2.24) is 14.7 Å².